The number of anilines is 1. The summed E-state index contributed by atoms with van der Waals surface area (Å²) >= 11 is 0. The molecule has 5 heteroatoms. The Morgan fingerprint density at radius 2 is 2.00 bits per heavy atom. The number of nitriles is 1. The third kappa shape index (κ3) is 1.55. The highest BCUT2D eigenvalue weighted by atomic mass is 16.5. The summed E-state index contributed by atoms with van der Waals surface area (Å²) < 4.78 is 11.0. The quantitative estimate of drug-likeness (QED) is 0.779. The molecule has 0 bridgehead atoms. The Balaban J connectivity index is 2.34. The van der Waals surface area contributed by atoms with Crippen molar-refractivity contribution in [2.75, 3.05) is 5.73 Å². The van der Waals surface area contributed by atoms with Crippen LogP contribution >= 0.6 is 0 Å². The van der Waals surface area contributed by atoms with Crippen LogP contribution in [-0.2, 0) is 4.74 Å². The molecule has 16 heavy (non-hydrogen) atoms. The van der Waals surface area contributed by atoms with Gasteiger partial charge in [-0.25, -0.2) is 4.98 Å². The molecule has 86 valence electrons. The Morgan fingerprint density at radius 3 is 2.44 bits per heavy atom. The lowest BCUT2D eigenvalue weighted by Crippen LogP contribution is -2.15. The molecule has 2 heterocycles. The summed E-state index contributed by atoms with van der Waals surface area (Å²) in [6.07, 6.45) is 0.202. The van der Waals surface area contributed by atoms with Crippen LogP contribution in [-0.4, -0.2) is 17.2 Å². The maximum Gasteiger partial charge on any atom is 0.229 e. The summed E-state index contributed by atoms with van der Waals surface area (Å²) in [5, 5.41) is 8.77. The monoisotopic (exact) mass is 221 g/mol. The van der Waals surface area contributed by atoms with Gasteiger partial charge in [-0.2, -0.15) is 5.26 Å². The van der Waals surface area contributed by atoms with Gasteiger partial charge in [-0.05, 0) is 19.8 Å². The lowest BCUT2D eigenvalue weighted by Gasteiger charge is -2.13. The largest absolute Gasteiger partial charge is 0.424 e. The molecule has 0 amide bonds. The van der Waals surface area contributed by atoms with Crippen molar-refractivity contribution in [3.8, 4) is 6.07 Å². The second-order valence-electron chi connectivity index (χ2n) is 4.31. The lowest BCUT2D eigenvalue weighted by molar-refractivity contribution is 0.0545. The molecule has 1 saturated heterocycles. The number of oxazole rings is 1. The minimum Gasteiger partial charge on any atom is -0.424 e. The van der Waals surface area contributed by atoms with Gasteiger partial charge in [-0.15, -0.1) is 0 Å². The molecule has 0 aromatic carbocycles. The second-order valence-corrected chi connectivity index (χ2v) is 4.31. The maximum atomic E-state index is 8.77. The summed E-state index contributed by atoms with van der Waals surface area (Å²) in [5.41, 5.74) is 5.71. The van der Waals surface area contributed by atoms with Crippen LogP contribution in [0.15, 0.2) is 4.42 Å². The minimum absolute atomic E-state index is 0.0367. The summed E-state index contributed by atoms with van der Waals surface area (Å²) in [5.74, 6) is 0.980. The zero-order valence-electron chi connectivity index (χ0n) is 9.60. The molecule has 2 rings (SSSR count). The normalized spacial score (nSPS) is 33.9. The molecule has 1 aliphatic rings. The Bertz CT molecular complexity index is 435. The van der Waals surface area contributed by atoms with E-state index in [4.69, 9.17) is 20.1 Å². The van der Waals surface area contributed by atoms with E-state index in [1.54, 1.807) is 0 Å². The average molecular weight is 221 g/mol. The Hall–Kier alpha value is -1.54. The first-order valence-corrected chi connectivity index (χ1v) is 5.36. The highest BCUT2D eigenvalue weighted by Crippen LogP contribution is 2.40. The fraction of sp³-hybridized carbons (Fsp3) is 0.636. The van der Waals surface area contributed by atoms with Gasteiger partial charge in [-0.3, -0.25) is 0 Å². The molecule has 0 spiro atoms. The topological polar surface area (TPSA) is 85.1 Å². The van der Waals surface area contributed by atoms with Gasteiger partial charge in [0.25, 0.3) is 0 Å². The molecule has 2 N–H and O–H groups in total. The fourth-order valence-electron chi connectivity index (χ4n) is 2.26. The summed E-state index contributed by atoms with van der Waals surface area (Å²) in [6, 6.07) is 1.91. The number of nitrogens with zero attached hydrogens (tertiary/aromatic N) is 2. The van der Waals surface area contributed by atoms with Crippen LogP contribution < -0.4 is 5.73 Å². The van der Waals surface area contributed by atoms with Gasteiger partial charge < -0.3 is 14.9 Å². The van der Waals surface area contributed by atoms with Crippen LogP contribution in [0.5, 0.6) is 0 Å². The molecular formula is C11H15N3O2. The van der Waals surface area contributed by atoms with E-state index < -0.39 is 0 Å². The standard InChI is InChI=1S/C11H15N3O2/c1-5-6(2)15-7(3)9(5)11-14-8(4-12)10(13)16-11/h5-7,9H,13H2,1-3H3. The first-order valence-electron chi connectivity index (χ1n) is 5.36. The van der Waals surface area contributed by atoms with E-state index in [1.807, 2.05) is 19.9 Å². The van der Waals surface area contributed by atoms with Gasteiger partial charge in [0.15, 0.2) is 0 Å². The van der Waals surface area contributed by atoms with Gasteiger partial charge in [0.05, 0.1) is 18.1 Å². The van der Waals surface area contributed by atoms with Crippen LogP contribution in [0.3, 0.4) is 0 Å². The van der Waals surface area contributed by atoms with E-state index in [0.717, 1.165) is 0 Å². The lowest BCUT2D eigenvalue weighted by atomic mass is 9.89. The highest BCUT2D eigenvalue weighted by molar-refractivity contribution is 5.41. The highest BCUT2D eigenvalue weighted by Gasteiger charge is 2.41. The number of nitrogen functional groups attached to an aromatic ring is 1. The predicted molar refractivity (Wildman–Crippen MR) is 57.5 cm³/mol. The van der Waals surface area contributed by atoms with Crippen molar-refractivity contribution in [1.82, 2.24) is 4.98 Å². The van der Waals surface area contributed by atoms with E-state index in [0.29, 0.717) is 11.8 Å². The van der Waals surface area contributed by atoms with Crippen LogP contribution in [0.2, 0.25) is 0 Å². The number of nitrogens with two attached hydrogens (primary N) is 1. The number of ether oxygens (including phenoxy) is 1. The third-order valence-electron chi connectivity index (χ3n) is 3.30. The van der Waals surface area contributed by atoms with Crippen molar-refractivity contribution in [3.05, 3.63) is 11.6 Å². The van der Waals surface area contributed by atoms with Crippen molar-refractivity contribution in [2.24, 2.45) is 5.92 Å². The Labute approximate surface area is 94.2 Å². The maximum absolute atomic E-state index is 8.77. The Morgan fingerprint density at radius 1 is 1.31 bits per heavy atom. The summed E-state index contributed by atoms with van der Waals surface area (Å²) in [7, 11) is 0. The van der Waals surface area contributed by atoms with Crippen molar-refractivity contribution in [2.45, 2.75) is 38.9 Å². The number of rotatable bonds is 1. The molecule has 1 aromatic rings. The molecule has 1 fully saturated rings. The predicted octanol–water partition coefficient (Wildman–Crippen LogP) is 1.66. The molecule has 1 aromatic heterocycles. The average Bonchev–Trinajstić information content (AvgIpc) is 2.69. The molecule has 4 unspecified atom stereocenters. The smallest absolute Gasteiger partial charge is 0.229 e. The van der Waals surface area contributed by atoms with E-state index >= 15 is 0 Å². The van der Waals surface area contributed by atoms with Crippen molar-refractivity contribution in [1.29, 1.82) is 5.26 Å². The zero-order valence-corrected chi connectivity index (χ0v) is 9.60. The van der Waals surface area contributed by atoms with Crippen LogP contribution in [0.25, 0.3) is 0 Å². The SMILES string of the molecule is CC1OC(C)C(c2nc(C#N)c(N)o2)C1C. The first kappa shape index (κ1) is 11.0. The molecule has 0 saturated carbocycles. The van der Waals surface area contributed by atoms with E-state index in [-0.39, 0.29) is 29.7 Å². The summed E-state index contributed by atoms with van der Waals surface area (Å²) in [4.78, 5) is 4.11. The second kappa shape index (κ2) is 3.80. The van der Waals surface area contributed by atoms with Crippen LogP contribution in [0.1, 0.15) is 38.3 Å². The van der Waals surface area contributed by atoms with Gasteiger partial charge in [0.1, 0.15) is 6.07 Å². The number of hydrogen-bond acceptors (Lipinski definition) is 5. The van der Waals surface area contributed by atoms with Crippen molar-refractivity contribution in [3.63, 3.8) is 0 Å². The van der Waals surface area contributed by atoms with E-state index in [2.05, 4.69) is 11.9 Å². The van der Waals surface area contributed by atoms with Gasteiger partial charge in [0.2, 0.25) is 17.5 Å². The minimum atomic E-state index is 0.0367. The zero-order chi connectivity index (χ0) is 11.9. The van der Waals surface area contributed by atoms with Crippen molar-refractivity contribution < 1.29 is 9.15 Å². The molecule has 0 aliphatic carbocycles. The van der Waals surface area contributed by atoms with Crippen molar-refractivity contribution >= 4 is 5.88 Å². The molecule has 1 aliphatic heterocycles. The number of aromatic nitrogens is 1. The van der Waals surface area contributed by atoms with E-state index in [9.17, 15) is 0 Å². The first-order chi connectivity index (χ1) is 7.54. The van der Waals surface area contributed by atoms with Gasteiger partial charge in [-0.1, -0.05) is 6.92 Å². The van der Waals surface area contributed by atoms with Gasteiger partial charge in [0, 0.05) is 0 Å². The number of hydrogen-bond donors (Lipinski definition) is 1. The van der Waals surface area contributed by atoms with Gasteiger partial charge >= 0.3 is 0 Å². The summed E-state index contributed by atoms with van der Waals surface area (Å²) in [6.45, 7) is 6.10. The van der Waals surface area contributed by atoms with Crippen LogP contribution in [0, 0.1) is 17.2 Å². The van der Waals surface area contributed by atoms with E-state index in [1.165, 1.54) is 0 Å². The van der Waals surface area contributed by atoms with Crippen LogP contribution in [0.4, 0.5) is 5.88 Å². The molecular weight excluding hydrogens is 206 g/mol. The molecule has 5 nitrogen and oxygen atoms in total. The fourth-order valence-corrected chi connectivity index (χ4v) is 2.26. The molecule has 4 atom stereocenters. The molecule has 0 radical (unpaired) electrons. The Kier molecular flexibility index (Phi) is 2.60. The third-order valence-corrected chi connectivity index (χ3v) is 3.30.